The van der Waals surface area contributed by atoms with E-state index in [-0.39, 0.29) is 0 Å². The standard InChI is InChI=1S/C72H50N2Si2/c1-6-26-53(27-7-1)75(54-28-8-2-9-29-54,55-30-10-3-11-31-55)58-36-22-25-52(50-58)73-66-43-20-17-39-64(66)71-67(73)44-24-45-68(71)74-65-42-19-16-37-60(65)61-48-47-51(49-69(61)74)59-40-23-41-63-62-38-18-21-46-70(62)76(72(59)63,56-32-12-4-13-33-56)57-34-14-5-15-35-57/h1-50H. The Morgan fingerprint density at radius 2 is 0.763 bits per heavy atom. The molecule has 1 aliphatic rings. The van der Waals surface area contributed by atoms with E-state index in [4.69, 9.17) is 0 Å². The summed E-state index contributed by atoms with van der Waals surface area (Å²) >= 11 is 0. The molecule has 4 heteroatoms. The molecule has 0 saturated carbocycles. The lowest BCUT2D eigenvalue weighted by molar-refractivity contribution is 1.17. The van der Waals surface area contributed by atoms with Gasteiger partial charge in [-0.1, -0.05) is 261 Å². The van der Waals surface area contributed by atoms with Crippen molar-refractivity contribution in [1.82, 2.24) is 9.13 Å². The molecule has 1 aliphatic heterocycles. The van der Waals surface area contributed by atoms with E-state index in [1.165, 1.54) is 107 Å². The predicted molar refractivity (Wildman–Crippen MR) is 327 cm³/mol. The van der Waals surface area contributed by atoms with Gasteiger partial charge in [0.2, 0.25) is 0 Å². The Morgan fingerprint density at radius 1 is 0.289 bits per heavy atom. The van der Waals surface area contributed by atoms with E-state index in [0.29, 0.717) is 0 Å². The highest BCUT2D eigenvalue weighted by Gasteiger charge is 2.50. The van der Waals surface area contributed by atoms with Crippen LogP contribution >= 0.6 is 0 Å². The summed E-state index contributed by atoms with van der Waals surface area (Å²) in [4.78, 5) is 0. The molecule has 356 valence electrons. The zero-order chi connectivity index (χ0) is 50.2. The Labute approximate surface area is 444 Å². The first-order valence-electron chi connectivity index (χ1n) is 26.4. The van der Waals surface area contributed by atoms with E-state index >= 15 is 0 Å². The van der Waals surface area contributed by atoms with E-state index < -0.39 is 16.1 Å². The van der Waals surface area contributed by atoms with Crippen LogP contribution in [-0.4, -0.2) is 25.3 Å². The number of aromatic nitrogens is 2. The molecule has 0 saturated heterocycles. The summed E-state index contributed by atoms with van der Waals surface area (Å²) in [6.07, 6.45) is 0. The third kappa shape index (κ3) is 6.38. The predicted octanol–water partition coefficient (Wildman–Crippen LogP) is 12.3. The molecule has 0 spiro atoms. The zero-order valence-electron chi connectivity index (χ0n) is 41.8. The van der Waals surface area contributed by atoms with Crippen molar-refractivity contribution in [2.45, 2.75) is 0 Å². The van der Waals surface area contributed by atoms with Gasteiger partial charge < -0.3 is 9.13 Å². The Balaban J connectivity index is 0.976. The van der Waals surface area contributed by atoms with E-state index in [9.17, 15) is 0 Å². The number of fused-ring (bicyclic) bond motifs is 9. The van der Waals surface area contributed by atoms with Gasteiger partial charge >= 0.3 is 0 Å². The van der Waals surface area contributed by atoms with Crippen molar-refractivity contribution in [3.63, 3.8) is 0 Å². The second-order valence-corrected chi connectivity index (χ2v) is 27.8. The maximum absolute atomic E-state index is 2.82. The average molecular weight is 999 g/mol. The second kappa shape index (κ2) is 17.7. The van der Waals surface area contributed by atoms with Crippen molar-refractivity contribution in [3.05, 3.63) is 303 Å². The normalized spacial score (nSPS) is 12.8. The van der Waals surface area contributed by atoms with Crippen LogP contribution in [0.5, 0.6) is 0 Å². The maximum atomic E-state index is 2.55. The maximum Gasteiger partial charge on any atom is 0.181 e. The summed E-state index contributed by atoms with van der Waals surface area (Å²) in [6, 6.07) is 114. The van der Waals surface area contributed by atoms with Crippen LogP contribution in [0.3, 0.4) is 0 Å². The molecule has 12 aromatic carbocycles. The van der Waals surface area contributed by atoms with Gasteiger partial charge in [-0.2, -0.15) is 0 Å². The molecule has 0 fully saturated rings. The van der Waals surface area contributed by atoms with Crippen LogP contribution in [0.15, 0.2) is 303 Å². The molecule has 0 bridgehead atoms. The SMILES string of the molecule is c1ccc([Si](c2ccccc2)(c2ccccc2)c2cccc(-n3c4ccccc4c4c(-n5c6ccccc6c6ccc(-c7cccc8c7[Si](c7ccccc7)(c7ccccc7)c7ccccc7-8)cc65)cccc43)c2)cc1. The molecular formula is C72H50N2Si2. The molecule has 2 aromatic heterocycles. The number of para-hydroxylation sites is 2. The smallest absolute Gasteiger partial charge is 0.181 e. The quantitative estimate of drug-likeness (QED) is 0.101. The van der Waals surface area contributed by atoms with Gasteiger partial charge in [-0.15, -0.1) is 0 Å². The third-order valence-electron chi connectivity index (χ3n) is 16.5. The van der Waals surface area contributed by atoms with Crippen molar-refractivity contribution in [3.8, 4) is 33.6 Å². The molecule has 0 radical (unpaired) electrons. The van der Waals surface area contributed by atoms with Gasteiger partial charge in [-0.3, -0.25) is 0 Å². The summed E-state index contributed by atoms with van der Waals surface area (Å²) in [5.41, 5.74) is 12.2. The van der Waals surface area contributed by atoms with Crippen LogP contribution in [0.4, 0.5) is 0 Å². The molecule has 76 heavy (non-hydrogen) atoms. The molecule has 15 rings (SSSR count). The van der Waals surface area contributed by atoms with Crippen molar-refractivity contribution < 1.29 is 0 Å². The van der Waals surface area contributed by atoms with E-state index in [1.807, 2.05) is 0 Å². The van der Waals surface area contributed by atoms with Crippen molar-refractivity contribution >= 4 is 101 Å². The monoisotopic (exact) mass is 998 g/mol. The van der Waals surface area contributed by atoms with Crippen molar-refractivity contribution in [1.29, 1.82) is 0 Å². The minimum atomic E-state index is -2.82. The van der Waals surface area contributed by atoms with Gasteiger partial charge in [0.25, 0.3) is 0 Å². The molecule has 3 heterocycles. The highest BCUT2D eigenvalue weighted by atomic mass is 28.3. The largest absolute Gasteiger partial charge is 0.309 e. The third-order valence-corrected chi connectivity index (χ3v) is 26.2. The summed E-state index contributed by atoms with van der Waals surface area (Å²) in [6.45, 7) is 0. The van der Waals surface area contributed by atoms with Crippen LogP contribution in [0.2, 0.25) is 0 Å². The number of nitrogens with zero attached hydrogens (tertiary/aromatic N) is 2. The average Bonchev–Trinajstić information content (AvgIpc) is 4.14. The molecule has 0 unspecified atom stereocenters. The molecule has 14 aromatic rings. The highest BCUT2D eigenvalue weighted by molar-refractivity contribution is 7.23. The topological polar surface area (TPSA) is 9.86 Å². The first-order valence-corrected chi connectivity index (χ1v) is 30.4. The Kier molecular flexibility index (Phi) is 10.3. The second-order valence-electron chi connectivity index (χ2n) is 20.3. The summed E-state index contributed by atoms with van der Waals surface area (Å²) in [7, 11) is -5.62. The van der Waals surface area contributed by atoms with Gasteiger partial charge in [0, 0.05) is 27.2 Å². The minimum absolute atomic E-state index is 1.15. The van der Waals surface area contributed by atoms with Crippen molar-refractivity contribution in [2.75, 3.05) is 0 Å². The lowest BCUT2D eigenvalue weighted by atomic mass is 9.98. The first kappa shape index (κ1) is 44.2. The Hall–Kier alpha value is -9.33. The number of hydrogen-bond acceptors (Lipinski definition) is 0. The molecule has 2 nitrogen and oxygen atoms in total. The fraction of sp³-hybridized carbons (Fsp3) is 0. The number of benzene rings is 12. The summed E-state index contributed by atoms with van der Waals surface area (Å²) < 4.78 is 5.07. The molecule has 0 aliphatic carbocycles. The van der Waals surface area contributed by atoms with Gasteiger partial charge in [0.1, 0.15) is 0 Å². The van der Waals surface area contributed by atoms with Crippen LogP contribution < -0.4 is 41.5 Å². The minimum Gasteiger partial charge on any atom is -0.309 e. The van der Waals surface area contributed by atoms with E-state index in [2.05, 4.69) is 312 Å². The van der Waals surface area contributed by atoms with Gasteiger partial charge in [0.15, 0.2) is 16.1 Å². The fourth-order valence-corrected chi connectivity index (χ4v) is 23.7. The summed E-state index contributed by atoms with van der Waals surface area (Å²) in [5.74, 6) is 0. The molecular weight excluding hydrogens is 949 g/mol. The van der Waals surface area contributed by atoms with E-state index in [1.54, 1.807) is 0 Å². The van der Waals surface area contributed by atoms with Gasteiger partial charge in [-0.05, 0) is 106 Å². The first-order chi connectivity index (χ1) is 37.7. The fourth-order valence-electron chi connectivity index (χ4n) is 13.5. The van der Waals surface area contributed by atoms with E-state index in [0.717, 1.165) is 11.4 Å². The summed E-state index contributed by atoms with van der Waals surface area (Å²) in [5, 5.41) is 16.1. The lowest BCUT2D eigenvalue weighted by Gasteiger charge is -2.34. The lowest BCUT2D eigenvalue weighted by Crippen LogP contribution is -2.74. The molecule has 0 N–H and O–H groups in total. The Morgan fingerprint density at radius 3 is 1.42 bits per heavy atom. The Bertz CT molecular complexity index is 4370. The molecule has 0 amide bonds. The zero-order valence-corrected chi connectivity index (χ0v) is 43.8. The van der Waals surface area contributed by atoms with Crippen molar-refractivity contribution in [2.24, 2.45) is 0 Å². The number of hydrogen-bond donors (Lipinski definition) is 0. The number of rotatable bonds is 9. The van der Waals surface area contributed by atoms with Gasteiger partial charge in [-0.25, -0.2) is 0 Å². The van der Waals surface area contributed by atoms with Crippen LogP contribution in [-0.2, 0) is 0 Å². The van der Waals surface area contributed by atoms with Crippen LogP contribution in [0.1, 0.15) is 0 Å². The highest BCUT2D eigenvalue weighted by Crippen LogP contribution is 2.42. The van der Waals surface area contributed by atoms with Gasteiger partial charge in [0.05, 0.1) is 27.8 Å². The van der Waals surface area contributed by atoms with Crippen LogP contribution in [0, 0.1) is 0 Å². The molecule has 0 atom stereocenters. The van der Waals surface area contributed by atoms with Crippen LogP contribution in [0.25, 0.3) is 77.2 Å².